The second kappa shape index (κ2) is 7.82. The van der Waals surface area contributed by atoms with Crippen molar-refractivity contribution in [3.05, 3.63) is 46.8 Å². The maximum atomic E-state index is 12.3. The fourth-order valence-electron chi connectivity index (χ4n) is 3.98. The third kappa shape index (κ3) is 4.03. The van der Waals surface area contributed by atoms with E-state index in [0.29, 0.717) is 0 Å². The number of fused-ring (bicyclic) bond motifs is 2. The van der Waals surface area contributed by atoms with Gasteiger partial charge in [-0.3, -0.25) is 9.59 Å². The van der Waals surface area contributed by atoms with Gasteiger partial charge in [-0.05, 0) is 32.4 Å². The van der Waals surface area contributed by atoms with E-state index in [1.54, 1.807) is 12.2 Å². The molecule has 0 radical (unpaired) electrons. The summed E-state index contributed by atoms with van der Waals surface area (Å²) in [6, 6.07) is 0. The molecule has 3 heterocycles. The van der Waals surface area contributed by atoms with Gasteiger partial charge < -0.3 is 19.7 Å². The van der Waals surface area contributed by atoms with Crippen LogP contribution >= 0.6 is 0 Å². The number of aliphatic imine (C=N–C) groups is 1. The molecule has 0 spiro atoms. The van der Waals surface area contributed by atoms with Gasteiger partial charge in [-0.2, -0.15) is 0 Å². The molecule has 2 bridgehead atoms. The summed E-state index contributed by atoms with van der Waals surface area (Å²) >= 11 is 0. The van der Waals surface area contributed by atoms with E-state index in [0.717, 1.165) is 17.4 Å². The van der Waals surface area contributed by atoms with Crippen LogP contribution < -0.4 is 0 Å². The Balaban J connectivity index is 1.73. The smallest absolute Gasteiger partial charge is 0.279 e. The monoisotopic (exact) mass is 401 g/mol. The molecule has 7 nitrogen and oxygen atoms in total. The highest BCUT2D eigenvalue weighted by Crippen LogP contribution is 2.42. The molecule has 3 aliphatic heterocycles. The average Bonchev–Trinajstić information content (AvgIpc) is 2.98. The largest absolute Gasteiger partial charge is 0.506 e. The summed E-state index contributed by atoms with van der Waals surface area (Å²) in [5.41, 5.74) is 1.47. The van der Waals surface area contributed by atoms with Crippen LogP contribution in [0.2, 0.25) is 0 Å². The van der Waals surface area contributed by atoms with Crippen molar-refractivity contribution in [2.45, 2.75) is 58.7 Å². The van der Waals surface area contributed by atoms with Crippen LogP contribution in [-0.4, -0.2) is 52.2 Å². The predicted octanol–water partition coefficient (Wildman–Crippen LogP) is 2.57. The Kier molecular flexibility index (Phi) is 5.76. The van der Waals surface area contributed by atoms with Gasteiger partial charge >= 0.3 is 0 Å². The molecule has 0 saturated carbocycles. The molecule has 1 unspecified atom stereocenters. The molecule has 0 aromatic heterocycles. The molecule has 0 aromatic carbocycles. The van der Waals surface area contributed by atoms with Crippen molar-refractivity contribution in [1.29, 1.82) is 0 Å². The van der Waals surface area contributed by atoms with Crippen LogP contribution in [0.3, 0.4) is 0 Å². The van der Waals surface area contributed by atoms with E-state index in [2.05, 4.69) is 4.99 Å². The molecule has 3 aliphatic rings. The summed E-state index contributed by atoms with van der Waals surface area (Å²) < 4.78 is 12.2. The minimum Gasteiger partial charge on any atom is -0.506 e. The van der Waals surface area contributed by atoms with E-state index in [1.807, 2.05) is 40.7 Å². The summed E-state index contributed by atoms with van der Waals surface area (Å²) in [5, 5.41) is 19.8. The van der Waals surface area contributed by atoms with Gasteiger partial charge in [0.25, 0.3) is 5.91 Å². The Morgan fingerprint density at radius 2 is 2.03 bits per heavy atom. The van der Waals surface area contributed by atoms with Crippen molar-refractivity contribution in [3.8, 4) is 0 Å². The highest BCUT2D eigenvalue weighted by Gasteiger charge is 2.50. The van der Waals surface area contributed by atoms with Crippen LogP contribution in [0.25, 0.3) is 0 Å². The topological polar surface area (TPSA) is 105 Å². The molecule has 7 heteroatoms. The molecular formula is C22H27NO6. The van der Waals surface area contributed by atoms with E-state index in [1.165, 1.54) is 6.08 Å². The number of carbonyl (C=O) groups excluding carboxylic acids is 2. The second-order valence-corrected chi connectivity index (χ2v) is 8.09. The highest BCUT2D eigenvalue weighted by atomic mass is 16.7. The molecule has 0 aromatic rings. The van der Waals surface area contributed by atoms with Crippen molar-refractivity contribution in [2.75, 3.05) is 0 Å². The summed E-state index contributed by atoms with van der Waals surface area (Å²) in [7, 11) is 0. The van der Waals surface area contributed by atoms with Gasteiger partial charge in [-0.25, -0.2) is 4.99 Å². The number of hydrogen-bond donors (Lipinski definition) is 2. The van der Waals surface area contributed by atoms with Gasteiger partial charge in [0.05, 0.1) is 17.9 Å². The first-order valence-corrected chi connectivity index (χ1v) is 9.68. The standard InChI is InChI=1S/C22H27NO6/c1-11(6-7-15(24)18-17(26)10-23-21(18)27)8-12(2)19-14(4)20-16(25)9-13(3)22(5,28-19)29-20/h6-10,12,14-15,19-20,24,26H,1-5H3/b7-6+,11-8+/t12-,14-,15?,19-,20+,22+/m1/s1. The minimum atomic E-state index is -1.24. The zero-order chi connectivity index (χ0) is 21.5. The number of ether oxygens (including phenoxy) is 2. The average molecular weight is 401 g/mol. The Hall–Kier alpha value is -2.35. The molecule has 0 aliphatic carbocycles. The van der Waals surface area contributed by atoms with Crippen LogP contribution in [0, 0.1) is 11.8 Å². The second-order valence-electron chi connectivity index (χ2n) is 8.09. The molecule has 156 valence electrons. The van der Waals surface area contributed by atoms with Crippen LogP contribution in [0.1, 0.15) is 34.6 Å². The Bertz CT molecular complexity index is 880. The number of rotatable bonds is 5. The lowest BCUT2D eigenvalue weighted by atomic mass is 9.82. The van der Waals surface area contributed by atoms with E-state index >= 15 is 0 Å². The number of aliphatic hydroxyl groups is 2. The summed E-state index contributed by atoms with van der Waals surface area (Å²) in [6.07, 6.45) is 5.72. The van der Waals surface area contributed by atoms with Crippen molar-refractivity contribution >= 4 is 17.9 Å². The number of ketones is 1. The third-order valence-corrected chi connectivity index (χ3v) is 5.76. The Morgan fingerprint density at radius 3 is 2.66 bits per heavy atom. The van der Waals surface area contributed by atoms with E-state index in [-0.39, 0.29) is 35.1 Å². The first-order chi connectivity index (χ1) is 13.5. The first kappa shape index (κ1) is 21.4. The highest BCUT2D eigenvalue weighted by molar-refractivity contribution is 6.10. The number of amides is 1. The first-order valence-electron chi connectivity index (χ1n) is 9.68. The van der Waals surface area contributed by atoms with E-state index < -0.39 is 23.9 Å². The van der Waals surface area contributed by atoms with Gasteiger partial charge in [-0.1, -0.05) is 37.6 Å². The maximum absolute atomic E-state index is 12.3. The molecule has 1 saturated heterocycles. The van der Waals surface area contributed by atoms with Gasteiger partial charge in [0, 0.05) is 11.8 Å². The van der Waals surface area contributed by atoms with Crippen molar-refractivity contribution in [2.24, 2.45) is 16.8 Å². The predicted molar refractivity (Wildman–Crippen MR) is 107 cm³/mol. The van der Waals surface area contributed by atoms with Crippen LogP contribution in [-0.2, 0) is 19.1 Å². The fraction of sp³-hybridized carbons (Fsp3) is 0.500. The molecule has 6 atom stereocenters. The third-order valence-electron chi connectivity index (χ3n) is 5.76. The van der Waals surface area contributed by atoms with Gasteiger partial charge in [0.1, 0.15) is 18.0 Å². The lowest BCUT2D eigenvalue weighted by Gasteiger charge is -2.49. The van der Waals surface area contributed by atoms with E-state index in [4.69, 9.17) is 9.47 Å². The van der Waals surface area contributed by atoms with Crippen LogP contribution in [0.5, 0.6) is 0 Å². The molecular weight excluding hydrogens is 374 g/mol. The Morgan fingerprint density at radius 1 is 1.34 bits per heavy atom. The number of aliphatic hydroxyl groups excluding tert-OH is 2. The zero-order valence-corrected chi connectivity index (χ0v) is 17.2. The van der Waals surface area contributed by atoms with Gasteiger partial charge in [-0.15, -0.1) is 0 Å². The molecule has 1 fully saturated rings. The van der Waals surface area contributed by atoms with Crippen molar-refractivity contribution < 1.29 is 29.3 Å². The van der Waals surface area contributed by atoms with Crippen LogP contribution in [0.4, 0.5) is 0 Å². The molecule has 2 N–H and O–H groups in total. The Labute approximate surface area is 170 Å². The van der Waals surface area contributed by atoms with Gasteiger partial charge in [0.2, 0.25) is 0 Å². The maximum Gasteiger partial charge on any atom is 0.279 e. The summed E-state index contributed by atoms with van der Waals surface area (Å²) in [4.78, 5) is 27.4. The zero-order valence-electron chi connectivity index (χ0n) is 17.2. The normalized spacial score (nSPS) is 34.8. The summed E-state index contributed by atoms with van der Waals surface area (Å²) in [5.74, 6) is -2.06. The number of allylic oxidation sites excluding steroid dienone is 3. The minimum absolute atomic E-state index is 0.0275. The lowest BCUT2D eigenvalue weighted by molar-refractivity contribution is -0.309. The molecule has 29 heavy (non-hydrogen) atoms. The van der Waals surface area contributed by atoms with Gasteiger partial charge in [0.15, 0.2) is 11.6 Å². The molecule has 1 amide bonds. The number of hydrogen-bond acceptors (Lipinski definition) is 6. The van der Waals surface area contributed by atoms with Crippen LogP contribution in [0.15, 0.2) is 51.8 Å². The summed E-state index contributed by atoms with van der Waals surface area (Å²) in [6.45, 7) is 9.48. The van der Waals surface area contributed by atoms with Crippen molar-refractivity contribution in [3.63, 3.8) is 0 Å². The SMILES string of the molecule is CC1=CC(=O)[C@H]2O[C@]1(C)O[C@H]([C@H](C)/C=C(C)/C=C/C(O)C1=C(O)C=NC1=O)[C@H]2C. The number of nitrogens with zero attached hydrogens (tertiary/aromatic N) is 1. The molecule has 3 rings (SSSR count). The van der Waals surface area contributed by atoms with E-state index in [9.17, 15) is 19.8 Å². The lowest BCUT2D eigenvalue weighted by Crippen LogP contribution is -2.58. The fourth-order valence-corrected chi connectivity index (χ4v) is 3.98. The quantitative estimate of drug-likeness (QED) is 0.686. The number of carbonyl (C=O) groups is 2. The van der Waals surface area contributed by atoms with Crippen molar-refractivity contribution in [1.82, 2.24) is 0 Å².